The topological polar surface area (TPSA) is 58.0 Å². The fourth-order valence-electron chi connectivity index (χ4n) is 1.86. The molecule has 1 rings (SSSR count). The first-order chi connectivity index (χ1) is 8.10. The van der Waals surface area contributed by atoms with Crippen molar-refractivity contribution < 1.29 is 5.11 Å². The highest BCUT2D eigenvalue weighted by atomic mass is 32.2. The largest absolute Gasteiger partial charge is 0.395 e. The Balaban J connectivity index is 2.66. The molecule has 2 N–H and O–H groups in total. The minimum atomic E-state index is 0.139. The van der Waals surface area contributed by atoms with Gasteiger partial charge in [0, 0.05) is 29.7 Å². The summed E-state index contributed by atoms with van der Waals surface area (Å²) >= 11 is 1.67. The van der Waals surface area contributed by atoms with Crippen molar-refractivity contribution in [3.05, 3.63) is 23.8 Å². The summed E-state index contributed by atoms with van der Waals surface area (Å²) in [6, 6.07) is 0.367. The van der Waals surface area contributed by atoms with Crippen molar-refractivity contribution in [1.82, 2.24) is 15.3 Å². The van der Waals surface area contributed by atoms with E-state index in [1.165, 1.54) is 0 Å². The molecule has 3 unspecified atom stereocenters. The SMILES string of the molecule is CSC(CO)C(C)NC(C)c1nccnc1C. The van der Waals surface area contributed by atoms with Crippen molar-refractivity contribution in [3.8, 4) is 0 Å². The summed E-state index contributed by atoms with van der Waals surface area (Å²) in [6.45, 7) is 6.30. The van der Waals surface area contributed by atoms with Gasteiger partial charge in [0.15, 0.2) is 0 Å². The van der Waals surface area contributed by atoms with Crippen LogP contribution < -0.4 is 5.32 Å². The van der Waals surface area contributed by atoms with Gasteiger partial charge in [-0.05, 0) is 27.0 Å². The van der Waals surface area contributed by atoms with Gasteiger partial charge >= 0.3 is 0 Å². The lowest BCUT2D eigenvalue weighted by Gasteiger charge is -2.25. The fraction of sp³-hybridized carbons (Fsp3) is 0.667. The van der Waals surface area contributed by atoms with Crippen LogP contribution in [-0.4, -0.2) is 39.2 Å². The van der Waals surface area contributed by atoms with E-state index in [1.807, 2.05) is 13.2 Å². The predicted octanol–water partition coefficient (Wildman–Crippen LogP) is 1.55. The van der Waals surface area contributed by atoms with E-state index in [0.29, 0.717) is 0 Å². The van der Waals surface area contributed by atoms with Crippen LogP contribution in [0, 0.1) is 6.92 Å². The molecule has 0 aliphatic carbocycles. The first-order valence-corrected chi connectivity index (χ1v) is 7.06. The zero-order chi connectivity index (χ0) is 12.8. The molecule has 96 valence electrons. The lowest BCUT2D eigenvalue weighted by atomic mass is 10.1. The van der Waals surface area contributed by atoms with Gasteiger partial charge in [-0.25, -0.2) is 0 Å². The molecule has 0 fully saturated rings. The third-order valence-corrected chi connectivity index (χ3v) is 4.05. The molecule has 0 spiro atoms. The maximum atomic E-state index is 9.25. The molecule has 0 aliphatic rings. The van der Waals surface area contributed by atoms with E-state index in [-0.39, 0.29) is 23.9 Å². The van der Waals surface area contributed by atoms with Crippen LogP contribution in [0.1, 0.15) is 31.3 Å². The van der Waals surface area contributed by atoms with Gasteiger partial charge < -0.3 is 10.4 Å². The van der Waals surface area contributed by atoms with Crippen LogP contribution in [0.25, 0.3) is 0 Å². The minimum absolute atomic E-state index is 0.139. The van der Waals surface area contributed by atoms with Crippen LogP contribution in [0.3, 0.4) is 0 Å². The zero-order valence-corrected chi connectivity index (χ0v) is 11.7. The van der Waals surface area contributed by atoms with Crippen molar-refractivity contribution in [2.45, 2.75) is 38.1 Å². The summed E-state index contributed by atoms with van der Waals surface area (Å²) in [5.74, 6) is 0. The molecule has 0 aliphatic heterocycles. The molecule has 5 heteroatoms. The number of rotatable bonds is 6. The number of aliphatic hydroxyl groups is 1. The number of nitrogens with zero attached hydrogens (tertiary/aromatic N) is 2. The quantitative estimate of drug-likeness (QED) is 0.807. The molecule has 1 heterocycles. The molecule has 3 atom stereocenters. The van der Waals surface area contributed by atoms with Crippen LogP contribution in [-0.2, 0) is 0 Å². The van der Waals surface area contributed by atoms with Gasteiger partial charge in [-0.2, -0.15) is 11.8 Å². The van der Waals surface area contributed by atoms with Gasteiger partial charge in [-0.1, -0.05) is 0 Å². The smallest absolute Gasteiger partial charge is 0.0782 e. The number of hydrogen-bond donors (Lipinski definition) is 2. The third kappa shape index (κ3) is 3.94. The Morgan fingerprint density at radius 2 is 2.00 bits per heavy atom. The Labute approximate surface area is 107 Å². The maximum absolute atomic E-state index is 9.25. The summed E-state index contributed by atoms with van der Waals surface area (Å²) < 4.78 is 0. The second kappa shape index (κ2) is 6.93. The molecule has 0 saturated carbocycles. The van der Waals surface area contributed by atoms with Gasteiger partial charge in [-0.15, -0.1) is 0 Å². The molecule has 0 amide bonds. The summed E-state index contributed by atoms with van der Waals surface area (Å²) in [6.07, 6.45) is 5.42. The summed E-state index contributed by atoms with van der Waals surface area (Å²) in [5, 5.41) is 12.9. The Hall–Kier alpha value is -0.650. The summed E-state index contributed by atoms with van der Waals surface area (Å²) in [4.78, 5) is 8.58. The lowest BCUT2D eigenvalue weighted by Crippen LogP contribution is -2.39. The normalized spacial score (nSPS) is 16.5. The average molecular weight is 255 g/mol. The van der Waals surface area contributed by atoms with Gasteiger partial charge in [0.25, 0.3) is 0 Å². The molecule has 1 aromatic heterocycles. The van der Waals surface area contributed by atoms with E-state index in [9.17, 15) is 5.11 Å². The Morgan fingerprint density at radius 1 is 1.35 bits per heavy atom. The highest BCUT2D eigenvalue weighted by Gasteiger charge is 2.19. The number of hydrogen-bond acceptors (Lipinski definition) is 5. The summed E-state index contributed by atoms with van der Waals surface area (Å²) in [7, 11) is 0. The van der Waals surface area contributed by atoms with E-state index < -0.39 is 0 Å². The average Bonchev–Trinajstić information content (AvgIpc) is 2.31. The van der Waals surface area contributed by atoms with Gasteiger partial charge in [0.2, 0.25) is 0 Å². The first kappa shape index (κ1) is 14.4. The minimum Gasteiger partial charge on any atom is -0.395 e. The van der Waals surface area contributed by atoms with E-state index in [4.69, 9.17) is 0 Å². The zero-order valence-electron chi connectivity index (χ0n) is 10.8. The Morgan fingerprint density at radius 3 is 2.53 bits per heavy atom. The second-order valence-corrected chi connectivity index (χ2v) is 5.24. The highest BCUT2D eigenvalue weighted by Crippen LogP contribution is 2.16. The van der Waals surface area contributed by atoms with E-state index >= 15 is 0 Å². The van der Waals surface area contributed by atoms with Crippen molar-refractivity contribution in [1.29, 1.82) is 0 Å². The van der Waals surface area contributed by atoms with Gasteiger partial charge in [0.1, 0.15) is 0 Å². The molecular weight excluding hydrogens is 234 g/mol. The monoisotopic (exact) mass is 255 g/mol. The fourth-order valence-corrected chi connectivity index (χ4v) is 2.50. The number of thioether (sulfide) groups is 1. The Kier molecular flexibility index (Phi) is 5.88. The van der Waals surface area contributed by atoms with Gasteiger partial charge in [-0.3, -0.25) is 9.97 Å². The van der Waals surface area contributed by atoms with Crippen LogP contribution in [0.2, 0.25) is 0 Å². The van der Waals surface area contributed by atoms with Crippen LogP contribution in [0.5, 0.6) is 0 Å². The molecule has 0 bridgehead atoms. The molecule has 17 heavy (non-hydrogen) atoms. The van der Waals surface area contributed by atoms with Gasteiger partial charge in [0.05, 0.1) is 18.0 Å². The number of aliphatic hydroxyl groups excluding tert-OH is 1. The van der Waals surface area contributed by atoms with E-state index in [2.05, 4.69) is 29.1 Å². The molecule has 0 radical (unpaired) electrons. The van der Waals surface area contributed by atoms with Crippen LogP contribution in [0.4, 0.5) is 0 Å². The standard InChI is InChI=1S/C12H21N3OS/c1-8(11(7-16)17-4)15-10(3)12-9(2)13-5-6-14-12/h5-6,8,10-11,15-16H,7H2,1-4H3. The Bertz CT molecular complexity index is 344. The molecule has 4 nitrogen and oxygen atoms in total. The van der Waals surface area contributed by atoms with Crippen molar-refractivity contribution in [2.24, 2.45) is 0 Å². The van der Waals surface area contributed by atoms with Crippen molar-refractivity contribution in [3.63, 3.8) is 0 Å². The number of aryl methyl sites for hydroxylation is 1. The van der Waals surface area contributed by atoms with Crippen LogP contribution in [0.15, 0.2) is 12.4 Å². The van der Waals surface area contributed by atoms with E-state index in [0.717, 1.165) is 11.4 Å². The van der Waals surface area contributed by atoms with Crippen LogP contribution >= 0.6 is 11.8 Å². The molecule has 0 aromatic carbocycles. The molecular formula is C12H21N3OS. The summed E-state index contributed by atoms with van der Waals surface area (Å²) in [5.41, 5.74) is 1.92. The highest BCUT2D eigenvalue weighted by molar-refractivity contribution is 7.99. The van der Waals surface area contributed by atoms with Crippen molar-refractivity contribution in [2.75, 3.05) is 12.9 Å². The first-order valence-electron chi connectivity index (χ1n) is 5.77. The number of aromatic nitrogens is 2. The predicted molar refractivity (Wildman–Crippen MR) is 72.2 cm³/mol. The molecule has 1 aromatic rings. The third-order valence-electron chi connectivity index (χ3n) is 2.88. The van der Waals surface area contributed by atoms with E-state index in [1.54, 1.807) is 24.2 Å². The lowest BCUT2D eigenvalue weighted by molar-refractivity contribution is 0.271. The number of nitrogens with one attached hydrogen (secondary N) is 1. The van der Waals surface area contributed by atoms with Crippen molar-refractivity contribution >= 4 is 11.8 Å². The maximum Gasteiger partial charge on any atom is 0.0782 e. The second-order valence-electron chi connectivity index (χ2n) is 4.16. The molecule has 0 saturated heterocycles.